The first kappa shape index (κ1) is 15.5. The van der Waals surface area contributed by atoms with Crippen LogP contribution < -0.4 is 5.32 Å². The third-order valence-corrected chi connectivity index (χ3v) is 4.35. The standard InChI is InChI=1S/C15H23N3O3/c1-4-18-10(3)13(9(2)17-18)16-14(19)11-7-5-6-8-12(11)15(20)21/h11-12H,4-8H2,1-3H3,(H,16,19)(H,20,21)/t11-,12-/m0/s1. The minimum absolute atomic E-state index is 0.191. The van der Waals surface area contributed by atoms with Crippen molar-refractivity contribution in [3.8, 4) is 0 Å². The Hall–Kier alpha value is -1.85. The molecule has 1 aromatic heterocycles. The largest absolute Gasteiger partial charge is 0.481 e. The molecule has 0 spiro atoms. The van der Waals surface area contributed by atoms with Crippen LogP contribution in [0.15, 0.2) is 0 Å². The molecule has 2 atom stereocenters. The summed E-state index contributed by atoms with van der Waals surface area (Å²) in [5, 5.41) is 16.5. The number of rotatable bonds is 4. The minimum Gasteiger partial charge on any atom is -0.481 e. The van der Waals surface area contributed by atoms with Gasteiger partial charge in [-0.15, -0.1) is 0 Å². The van der Waals surface area contributed by atoms with Crippen LogP contribution in [0.3, 0.4) is 0 Å². The van der Waals surface area contributed by atoms with Gasteiger partial charge in [0.05, 0.1) is 28.9 Å². The van der Waals surface area contributed by atoms with E-state index in [0.717, 1.165) is 36.5 Å². The summed E-state index contributed by atoms with van der Waals surface area (Å²) in [7, 11) is 0. The van der Waals surface area contributed by atoms with Crippen molar-refractivity contribution in [2.45, 2.75) is 53.0 Å². The predicted octanol–water partition coefficient (Wildman–Crippen LogP) is 2.35. The molecule has 1 saturated carbocycles. The van der Waals surface area contributed by atoms with Gasteiger partial charge in [0.1, 0.15) is 0 Å². The maximum absolute atomic E-state index is 12.5. The molecule has 0 saturated heterocycles. The Morgan fingerprint density at radius 2 is 1.90 bits per heavy atom. The number of nitrogens with one attached hydrogen (secondary N) is 1. The molecule has 1 aromatic rings. The van der Waals surface area contributed by atoms with E-state index in [9.17, 15) is 14.7 Å². The monoisotopic (exact) mass is 293 g/mol. The number of amides is 1. The number of nitrogens with zero attached hydrogens (tertiary/aromatic N) is 2. The van der Waals surface area contributed by atoms with Crippen LogP contribution in [0, 0.1) is 25.7 Å². The molecule has 116 valence electrons. The number of hydrogen-bond acceptors (Lipinski definition) is 3. The van der Waals surface area contributed by atoms with Crippen LogP contribution in [-0.2, 0) is 16.1 Å². The van der Waals surface area contributed by atoms with Gasteiger partial charge in [-0.1, -0.05) is 12.8 Å². The zero-order valence-electron chi connectivity index (χ0n) is 12.8. The first-order valence-electron chi connectivity index (χ1n) is 7.53. The molecule has 1 amide bonds. The van der Waals surface area contributed by atoms with Gasteiger partial charge in [0.15, 0.2) is 0 Å². The number of aliphatic carboxylic acids is 1. The van der Waals surface area contributed by atoms with E-state index < -0.39 is 17.8 Å². The number of aromatic nitrogens is 2. The van der Waals surface area contributed by atoms with Crippen LogP contribution in [-0.4, -0.2) is 26.8 Å². The lowest BCUT2D eigenvalue weighted by Crippen LogP contribution is -2.36. The molecule has 2 rings (SSSR count). The van der Waals surface area contributed by atoms with Crippen LogP contribution in [0.2, 0.25) is 0 Å². The zero-order chi connectivity index (χ0) is 15.6. The highest BCUT2D eigenvalue weighted by molar-refractivity contribution is 5.96. The topological polar surface area (TPSA) is 84.2 Å². The SMILES string of the molecule is CCn1nc(C)c(NC(=O)[C@H]2CCCC[C@@H]2C(=O)O)c1C. The molecule has 0 aliphatic heterocycles. The Bertz CT molecular complexity index is 551. The highest BCUT2D eigenvalue weighted by atomic mass is 16.4. The van der Waals surface area contributed by atoms with Gasteiger partial charge >= 0.3 is 5.97 Å². The van der Waals surface area contributed by atoms with E-state index in [0.29, 0.717) is 12.8 Å². The Morgan fingerprint density at radius 3 is 2.43 bits per heavy atom. The summed E-state index contributed by atoms with van der Waals surface area (Å²) < 4.78 is 1.83. The third-order valence-electron chi connectivity index (χ3n) is 4.35. The van der Waals surface area contributed by atoms with Gasteiger partial charge in [0.2, 0.25) is 5.91 Å². The van der Waals surface area contributed by atoms with Crippen molar-refractivity contribution in [2.24, 2.45) is 11.8 Å². The highest BCUT2D eigenvalue weighted by Gasteiger charge is 2.36. The predicted molar refractivity (Wildman–Crippen MR) is 79.1 cm³/mol. The van der Waals surface area contributed by atoms with Gasteiger partial charge in [-0.05, 0) is 33.6 Å². The van der Waals surface area contributed by atoms with Gasteiger partial charge < -0.3 is 10.4 Å². The number of aryl methyl sites for hydroxylation is 2. The first-order chi connectivity index (χ1) is 9.95. The average Bonchev–Trinajstić information content (AvgIpc) is 2.74. The molecule has 0 bridgehead atoms. The van der Waals surface area contributed by atoms with Gasteiger partial charge in [0, 0.05) is 6.54 Å². The Morgan fingerprint density at radius 1 is 1.29 bits per heavy atom. The number of carboxylic acids is 1. The normalized spacial score (nSPS) is 22.0. The van der Waals surface area contributed by atoms with Crippen molar-refractivity contribution in [1.29, 1.82) is 0 Å². The van der Waals surface area contributed by atoms with E-state index in [1.165, 1.54) is 0 Å². The quantitative estimate of drug-likeness (QED) is 0.892. The van der Waals surface area contributed by atoms with Crippen LogP contribution >= 0.6 is 0 Å². The summed E-state index contributed by atoms with van der Waals surface area (Å²) in [5.41, 5.74) is 2.40. The van der Waals surface area contributed by atoms with Crippen LogP contribution in [0.4, 0.5) is 5.69 Å². The van der Waals surface area contributed by atoms with Gasteiger partial charge in [-0.25, -0.2) is 0 Å². The molecule has 1 heterocycles. The van der Waals surface area contributed by atoms with Crippen LogP contribution in [0.25, 0.3) is 0 Å². The fourth-order valence-corrected chi connectivity index (χ4v) is 3.14. The first-order valence-corrected chi connectivity index (χ1v) is 7.53. The molecule has 1 aliphatic rings. The van der Waals surface area contributed by atoms with Gasteiger partial charge in [-0.2, -0.15) is 5.10 Å². The lowest BCUT2D eigenvalue weighted by atomic mass is 9.78. The molecule has 1 fully saturated rings. The van der Waals surface area contributed by atoms with Crippen LogP contribution in [0.5, 0.6) is 0 Å². The van der Waals surface area contributed by atoms with Crippen molar-refractivity contribution in [2.75, 3.05) is 5.32 Å². The van der Waals surface area contributed by atoms with E-state index in [1.54, 1.807) is 0 Å². The average molecular weight is 293 g/mol. The second-order valence-corrected chi connectivity index (χ2v) is 5.69. The minimum atomic E-state index is -0.868. The summed E-state index contributed by atoms with van der Waals surface area (Å²) in [6, 6.07) is 0. The van der Waals surface area contributed by atoms with Crippen molar-refractivity contribution in [3.63, 3.8) is 0 Å². The summed E-state index contributed by atoms with van der Waals surface area (Å²) >= 11 is 0. The van der Waals surface area contributed by atoms with Gasteiger partial charge in [-0.3, -0.25) is 14.3 Å². The third kappa shape index (κ3) is 3.09. The molecular weight excluding hydrogens is 270 g/mol. The van der Waals surface area contributed by atoms with Crippen molar-refractivity contribution < 1.29 is 14.7 Å². The molecule has 1 aliphatic carbocycles. The fraction of sp³-hybridized carbons (Fsp3) is 0.667. The Labute approximate surface area is 124 Å². The van der Waals surface area contributed by atoms with E-state index in [2.05, 4.69) is 10.4 Å². The second-order valence-electron chi connectivity index (χ2n) is 5.69. The van der Waals surface area contributed by atoms with Crippen LogP contribution in [0.1, 0.15) is 44.0 Å². The lowest BCUT2D eigenvalue weighted by Gasteiger charge is -2.27. The molecule has 0 aromatic carbocycles. The fourth-order valence-electron chi connectivity index (χ4n) is 3.14. The smallest absolute Gasteiger partial charge is 0.307 e. The summed E-state index contributed by atoms with van der Waals surface area (Å²) in [4.78, 5) is 23.8. The highest BCUT2D eigenvalue weighted by Crippen LogP contribution is 2.32. The second kappa shape index (κ2) is 6.28. The maximum atomic E-state index is 12.5. The summed E-state index contributed by atoms with van der Waals surface area (Å²) in [6.45, 7) is 6.50. The number of carbonyl (C=O) groups is 2. The molecule has 21 heavy (non-hydrogen) atoms. The van der Waals surface area contributed by atoms with Crippen molar-refractivity contribution >= 4 is 17.6 Å². The van der Waals surface area contributed by atoms with E-state index in [1.807, 2.05) is 25.5 Å². The maximum Gasteiger partial charge on any atom is 0.307 e. The molecule has 6 heteroatoms. The number of anilines is 1. The Kier molecular flexibility index (Phi) is 4.65. The number of hydrogen-bond donors (Lipinski definition) is 2. The molecule has 6 nitrogen and oxygen atoms in total. The van der Waals surface area contributed by atoms with E-state index in [4.69, 9.17) is 0 Å². The van der Waals surface area contributed by atoms with Crippen molar-refractivity contribution in [1.82, 2.24) is 9.78 Å². The molecule has 2 N–H and O–H groups in total. The van der Waals surface area contributed by atoms with Crippen molar-refractivity contribution in [3.05, 3.63) is 11.4 Å². The van der Waals surface area contributed by atoms with E-state index in [-0.39, 0.29) is 5.91 Å². The molecular formula is C15H23N3O3. The number of carboxylic acid groups (broad SMARTS) is 1. The van der Waals surface area contributed by atoms with E-state index >= 15 is 0 Å². The number of carbonyl (C=O) groups excluding carboxylic acids is 1. The summed E-state index contributed by atoms with van der Waals surface area (Å²) in [5.74, 6) is -2.07. The van der Waals surface area contributed by atoms with Gasteiger partial charge in [0.25, 0.3) is 0 Å². The Balaban J connectivity index is 2.17. The molecule has 0 radical (unpaired) electrons. The zero-order valence-corrected chi connectivity index (χ0v) is 12.8. The molecule has 0 unspecified atom stereocenters. The summed E-state index contributed by atoms with van der Waals surface area (Å²) in [6.07, 6.45) is 3.02. The lowest BCUT2D eigenvalue weighted by molar-refractivity contribution is -0.147.